The predicted octanol–water partition coefficient (Wildman–Crippen LogP) is 3.43. The third kappa shape index (κ3) is 5.89. The van der Waals surface area contributed by atoms with Crippen LogP contribution in [0, 0.1) is 0 Å². The highest BCUT2D eigenvalue weighted by molar-refractivity contribution is 7.99. The Bertz CT molecular complexity index is 195. The summed E-state index contributed by atoms with van der Waals surface area (Å²) in [6.07, 6.45) is -5.98. The van der Waals surface area contributed by atoms with Crippen molar-refractivity contribution in [3.8, 4) is 0 Å². The summed E-state index contributed by atoms with van der Waals surface area (Å²) in [7, 11) is 0. The highest BCUT2D eigenvalue weighted by atomic mass is 32.2. The quantitative estimate of drug-likeness (QED) is 0.563. The molecule has 0 saturated carbocycles. The van der Waals surface area contributed by atoms with Gasteiger partial charge in [-0.05, 0) is 25.1 Å². The van der Waals surface area contributed by atoms with E-state index in [9.17, 15) is 22.0 Å². The smallest absolute Gasteiger partial charge is 0.330 e. The van der Waals surface area contributed by atoms with Gasteiger partial charge in [-0.25, -0.2) is 0 Å². The van der Waals surface area contributed by atoms with Gasteiger partial charge >= 0.3 is 12.1 Å². The highest BCUT2D eigenvalue weighted by Gasteiger charge is 2.56. The Morgan fingerprint density at radius 2 is 1.75 bits per heavy atom. The second kappa shape index (κ2) is 6.64. The standard InChI is InChI=1S/C9H16F5NS/c1-7(3-5-15)16-6-2-4-8(10,11)9(12,13)14/h7H,2-6,15H2,1H3. The van der Waals surface area contributed by atoms with Gasteiger partial charge in [0.05, 0.1) is 0 Å². The van der Waals surface area contributed by atoms with Gasteiger partial charge in [0.2, 0.25) is 0 Å². The number of rotatable bonds is 7. The van der Waals surface area contributed by atoms with E-state index in [1.165, 1.54) is 11.8 Å². The number of hydrogen-bond acceptors (Lipinski definition) is 2. The van der Waals surface area contributed by atoms with Crippen LogP contribution in [0.3, 0.4) is 0 Å². The topological polar surface area (TPSA) is 26.0 Å². The molecule has 1 atom stereocenters. The summed E-state index contributed by atoms with van der Waals surface area (Å²) >= 11 is 1.37. The lowest BCUT2D eigenvalue weighted by atomic mass is 10.2. The van der Waals surface area contributed by atoms with Gasteiger partial charge in [-0.2, -0.15) is 33.7 Å². The Morgan fingerprint density at radius 3 is 2.19 bits per heavy atom. The average molecular weight is 265 g/mol. The summed E-state index contributed by atoms with van der Waals surface area (Å²) < 4.78 is 60.2. The number of nitrogens with two attached hydrogens (primary N) is 1. The molecule has 0 radical (unpaired) electrons. The SMILES string of the molecule is CC(CCN)SCCCC(F)(F)C(F)(F)F. The van der Waals surface area contributed by atoms with Gasteiger partial charge < -0.3 is 5.73 Å². The van der Waals surface area contributed by atoms with Gasteiger partial charge in [-0.3, -0.25) is 0 Å². The van der Waals surface area contributed by atoms with Crippen LogP contribution in [0.5, 0.6) is 0 Å². The number of thioether (sulfide) groups is 1. The van der Waals surface area contributed by atoms with Crippen molar-refractivity contribution >= 4 is 11.8 Å². The molecular formula is C9H16F5NS. The molecule has 0 bridgehead atoms. The summed E-state index contributed by atoms with van der Waals surface area (Å²) in [6.45, 7) is 2.37. The van der Waals surface area contributed by atoms with Crippen molar-refractivity contribution in [1.82, 2.24) is 0 Å². The normalized spacial score (nSPS) is 15.2. The lowest BCUT2D eigenvalue weighted by molar-refractivity contribution is -0.284. The minimum Gasteiger partial charge on any atom is -0.330 e. The monoisotopic (exact) mass is 265 g/mol. The maximum atomic E-state index is 12.4. The molecule has 0 aromatic heterocycles. The van der Waals surface area contributed by atoms with E-state index in [0.29, 0.717) is 12.3 Å². The van der Waals surface area contributed by atoms with E-state index in [0.717, 1.165) is 6.42 Å². The van der Waals surface area contributed by atoms with Crippen LogP contribution >= 0.6 is 11.8 Å². The lowest BCUT2D eigenvalue weighted by Crippen LogP contribution is -2.36. The summed E-state index contributed by atoms with van der Waals surface area (Å²) in [6, 6.07) is 0. The Labute approximate surface area is 95.9 Å². The minimum absolute atomic E-state index is 0.147. The zero-order valence-electron chi connectivity index (χ0n) is 8.99. The third-order valence-corrected chi connectivity index (χ3v) is 3.35. The van der Waals surface area contributed by atoms with Gasteiger partial charge in [-0.1, -0.05) is 6.92 Å². The largest absolute Gasteiger partial charge is 0.453 e. The van der Waals surface area contributed by atoms with Crippen LogP contribution < -0.4 is 5.73 Å². The Hall–Kier alpha value is -0.0400. The van der Waals surface area contributed by atoms with Crippen molar-refractivity contribution in [2.24, 2.45) is 5.73 Å². The zero-order chi connectivity index (χ0) is 12.8. The summed E-state index contributed by atoms with van der Waals surface area (Å²) in [5.74, 6) is -4.27. The fraction of sp³-hybridized carbons (Fsp3) is 1.00. The molecule has 0 rings (SSSR count). The van der Waals surface area contributed by atoms with Gasteiger partial charge in [-0.15, -0.1) is 0 Å². The molecule has 0 aromatic rings. The van der Waals surface area contributed by atoms with Crippen LogP contribution in [0.15, 0.2) is 0 Å². The first-order valence-corrected chi connectivity index (χ1v) is 6.02. The number of hydrogen-bond donors (Lipinski definition) is 1. The van der Waals surface area contributed by atoms with Crippen molar-refractivity contribution in [3.05, 3.63) is 0 Å². The first-order chi connectivity index (χ1) is 7.20. The Morgan fingerprint density at radius 1 is 1.19 bits per heavy atom. The average Bonchev–Trinajstić information content (AvgIpc) is 2.11. The molecular weight excluding hydrogens is 249 g/mol. The van der Waals surface area contributed by atoms with Crippen LogP contribution in [-0.4, -0.2) is 29.6 Å². The van der Waals surface area contributed by atoms with E-state index in [-0.39, 0.29) is 11.7 Å². The molecule has 16 heavy (non-hydrogen) atoms. The first-order valence-electron chi connectivity index (χ1n) is 4.97. The molecule has 0 amide bonds. The molecule has 0 aliphatic carbocycles. The molecule has 1 unspecified atom stereocenters. The van der Waals surface area contributed by atoms with Gasteiger partial charge in [0.15, 0.2) is 0 Å². The maximum absolute atomic E-state index is 12.4. The molecule has 0 aliphatic heterocycles. The maximum Gasteiger partial charge on any atom is 0.453 e. The van der Waals surface area contributed by atoms with Crippen LogP contribution in [0.2, 0.25) is 0 Å². The Kier molecular flexibility index (Phi) is 6.62. The van der Waals surface area contributed by atoms with Gasteiger partial charge in [0, 0.05) is 11.7 Å². The zero-order valence-corrected chi connectivity index (χ0v) is 9.80. The molecule has 0 aliphatic rings. The molecule has 0 fully saturated rings. The Balaban J connectivity index is 3.74. The third-order valence-electron chi connectivity index (χ3n) is 2.03. The van der Waals surface area contributed by atoms with Crippen LogP contribution in [0.1, 0.15) is 26.2 Å². The van der Waals surface area contributed by atoms with Crippen LogP contribution in [-0.2, 0) is 0 Å². The van der Waals surface area contributed by atoms with E-state index in [1.54, 1.807) is 0 Å². The highest BCUT2D eigenvalue weighted by Crippen LogP contribution is 2.39. The van der Waals surface area contributed by atoms with E-state index >= 15 is 0 Å². The molecule has 7 heteroatoms. The van der Waals surface area contributed by atoms with E-state index in [4.69, 9.17) is 5.73 Å². The second-order valence-corrected chi connectivity index (χ2v) is 5.11. The summed E-state index contributed by atoms with van der Waals surface area (Å²) in [5.41, 5.74) is 5.28. The molecule has 2 N–H and O–H groups in total. The van der Waals surface area contributed by atoms with Crippen LogP contribution in [0.25, 0.3) is 0 Å². The number of alkyl halides is 5. The summed E-state index contributed by atoms with van der Waals surface area (Å²) in [4.78, 5) is 0. The summed E-state index contributed by atoms with van der Waals surface area (Å²) in [5, 5.41) is 0.199. The first kappa shape index (κ1) is 16.0. The molecule has 0 aromatic carbocycles. The van der Waals surface area contributed by atoms with E-state index in [1.807, 2.05) is 6.92 Å². The van der Waals surface area contributed by atoms with Crippen molar-refractivity contribution in [1.29, 1.82) is 0 Å². The molecule has 0 spiro atoms. The number of halogens is 5. The minimum atomic E-state index is -5.43. The molecule has 0 heterocycles. The van der Waals surface area contributed by atoms with Crippen LogP contribution in [0.4, 0.5) is 22.0 Å². The fourth-order valence-electron chi connectivity index (χ4n) is 1.04. The van der Waals surface area contributed by atoms with Crippen molar-refractivity contribution in [2.45, 2.75) is 43.5 Å². The molecule has 1 nitrogen and oxygen atoms in total. The molecule has 0 saturated heterocycles. The lowest BCUT2D eigenvalue weighted by Gasteiger charge is -2.19. The van der Waals surface area contributed by atoms with E-state index < -0.39 is 18.5 Å². The fourth-order valence-corrected chi connectivity index (χ4v) is 2.05. The van der Waals surface area contributed by atoms with Crippen molar-refractivity contribution in [3.63, 3.8) is 0 Å². The van der Waals surface area contributed by atoms with Gasteiger partial charge in [0.25, 0.3) is 0 Å². The van der Waals surface area contributed by atoms with Gasteiger partial charge in [0.1, 0.15) is 0 Å². The van der Waals surface area contributed by atoms with E-state index in [2.05, 4.69) is 0 Å². The van der Waals surface area contributed by atoms with Crippen molar-refractivity contribution < 1.29 is 22.0 Å². The predicted molar refractivity (Wildman–Crippen MR) is 55.8 cm³/mol. The second-order valence-electron chi connectivity index (χ2n) is 3.56. The molecule has 98 valence electrons. The van der Waals surface area contributed by atoms with Crippen molar-refractivity contribution in [2.75, 3.05) is 12.3 Å².